The second kappa shape index (κ2) is 6.56. The van der Waals surface area contributed by atoms with E-state index in [0.717, 1.165) is 28.3 Å². The van der Waals surface area contributed by atoms with Gasteiger partial charge >= 0.3 is 0 Å². The van der Waals surface area contributed by atoms with Gasteiger partial charge in [-0.15, -0.1) is 6.58 Å². The fraction of sp³-hybridized carbons (Fsp3) is 0.231. The molecule has 0 amide bonds. The fourth-order valence-electron chi connectivity index (χ4n) is 1.55. The predicted octanol–water partition coefficient (Wildman–Crippen LogP) is 2.78. The zero-order chi connectivity index (χ0) is 12.8. The molecule has 1 aliphatic rings. The summed E-state index contributed by atoms with van der Waals surface area (Å²) < 4.78 is 0. The molecule has 1 fully saturated rings. The normalized spacial score (nSPS) is 16.9. The van der Waals surface area contributed by atoms with Crippen LogP contribution in [-0.4, -0.2) is 34.0 Å². The zero-order valence-electron chi connectivity index (χ0n) is 10.0. The minimum Gasteiger partial charge on any atom is -0.359 e. The summed E-state index contributed by atoms with van der Waals surface area (Å²) >= 11 is 7.08. The number of aliphatic imine (C=N–C) groups is 1. The van der Waals surface area contributed by atoms with Gasteiger partial charge in [0, 0.05) is 18.8 Å². The molecular formula is C13H15N3S2. The van der Waals surface area contributed by atoms with Crippen molar-refractivity contribution in [2.24, 2.45) is 4.99 Å². The van der Waals surface area contributed by atoms with Crippen molar-refractivity contribution in [3.05, 3.63) is 43.0 Å². The lowest BCUT2D eigenvalue weighted by atomic mass is 10.3. The van der Waals surface area contributed by atoms with Gasteiger partial charge in [0.2, 0.25) is 0 Å². The Hall–Kier alpha value is -1.33. The Balaban J connectivity index is 2.10. The molecule has 94 valence electrons. The van der Waals surface area contributed by atoms with Crippen LogP contribution in [0.5, 0.6) is 0 Å². The lowest BCUT2D eigenvalue weighted by Gasteiger charge is -2.19. The maximum atomic E-state index is 5.35. The molecule has 0 bridgehead atoms. The van der Waals surface area contributed by atoms with Gasteiger partial charge in [0.15, 0.2) is 10.3 Å². The van der Waals surface area contributed by atoms with E-state index in [1.807, 2.05) is 35.2 Å². The number of thioether (sulfide) groups is 1. The van der Waals surface area contributed by atoms with E-state index in [1.54, 1.807) is 17.8 Å². The van der Waals surface area contributed by atoms with Crippen LogP contribution in [0, 0.1) is 0 Å². The Morgan fingerprint density at radius 3 is 3.00 bits per heavy atom. The van der Waals surface area contributed by atoms with E-state index >= 15 is 0 Å². The first kappa shape index (κ1) is 13.1. The smallest absolute Gasteiger partial charge is 0.175 e. The highest BCUT2D eigenvalue weighted by atomic mass is 32.2. The molecule has 0 aliphatic carbocycles. The van der Waals surface area contributed by atoms with Crippen LogP contribution in [-0.2, 0) is 0 Å². The molecule has 0 unspecified atom stereocenters. The summed E-state index contributed by atoms with van der Waals surface area (Å²) in [7, 11) is 0. The number of thiocarbonyl (C=S) groups is 1. The van der Waals surface area contributed by atoms with Gasteiger partial charge in [0.1, 0.15) is 0 Å². The molecule has 2 rings (SSSR count). The van der Waals surface area contributed by atoms with Gasteiger partial charge in [-0.1, -0.05) is 36.0 Å². The second-order valence-electron chi connectivity index (χ2n) is 3.70. The van der Waals surface area contributed by atoms with Crippen molar-refractivity contribution in [2.75, 3.05) is 18.8 Å². The van der Waals surface area contributed by atoms with Gasteiger partial charge in [-0.05, 0) is 24.4 Å². The van der Waals surface area contributed by atoms with E-state index in [4.69, 9.17) is 12.2 Å². The summed E-state index contributed by atoms with van der Waals surface area (Å²) in [4.78, 5) is 6.66. The van der Waals surface area contributed by atoms with Crippen LogP contribution in [0.25, 0.3) is 0 Å². The molecule has 1 aromatic rings. The first-order valence-corrected chi connectivity index (χ1v) is 7.13. The van der Waals surface area contributed by atoms with Crippen LogP contribution in [0.15, 0.2) is 48.0 Å². The van der Waals surface area contributed by atoms with E-state index in [9.17, 15) is 0 Å². The van der Waals surface area contributed by atoms with Crippen molar-refractivity contribution < 1.29 is 0 Å². The summed E-state index contributed by atoms with van der Waals surface area (Å²) in [5.74, 6) is 1.02. The van der Waals surface area contributed by atoms with Gasteiger partial charge < -0.3 is 5.32 Å². The quantitative estimate of drug-likeness (QED) is 0.679. The number of nitrogens with one attached hydrogen (secondary N) is 1. The van der Waals surface area contributed by atoms with Crippen LogP contribution >= 0.6 is 24.0 Å². The summed E-state index contributed by atoms with van der Waals surface area (Å²) in [5, 5.41) is 4.81. The average molecular weight is 277 g/mol. The third-order valence-electron chi connectivity index (χ3n) is 2.40. The minimum atomic E-state index is 0.679. The van der Waals surface area contributed by atoms with E-state index in [1.165, 1.54) is 0 Å². The Bertz CT molecular complexity index is 457. The molecule has 0 aromatic heterocycles. The maximum absolute atomic E-state index is 5.35. The van der Waals surface area contributed by atoms with Crippen molar-refractivity contribution in [3.8, 4) is 0 Å². The maximum Gasteiger partial charge on any atom is 0.175 e. The molecule has 3 nitrogen and oxygen atoms in total. The number of rotatable bonds is 3. The van der Waals surface area contributed by atoms with Crippen molar-refractivity contribution in [1.29, 1.82) is 0 Å². The molecule has 0 radical (unpaired) electrons. The highest BCUT2D eigenvalue weighted by Crippen LogP contribution is 2.22. The SMILES string of the molecule is C=CCNC(=S)N1CCSC1=Nc1ccccc1. The highest BCUT2D eigenvalue weighted by molar-refractivity contribution is 8.14. The van der Waals surface area contributed by atoms with Gasteiger partial charge in [0.25, 0.3) is 0 Å². The minimum absolute atomic E-state index is 0.679. The van der Waals surface area contributed by atoms with Gasteiger partial charge in [-0.3, -0.25) is 4.90 Å². The third kappa shape index (κ3) is 3.34. The fourth-order valence-corrected chi connectivity index (χ4v) is 2.83. The molecule has 1 aliphatic heterocycles. The van der Waals surface area contributed by atoms with Crippen molar-refractivity contribution in [2.45, 2.75) is 0 Å². The Kier molecular flexibility index (Phi) is 4.78. The van der Waals surface area contributed by atoms with Crippen molar-refractivity contribution >= 4 is 39.9 Å². The summed E-state index contributed by atoms with van der Waals surface area (Å²) in [6.07, 6.45) is 1.80. The number of benzene rings is 1. The Morgan fingerprint density at radius 1 is 1.50 bits per heavy atom. The van der Waals surface area contributed by atoms with Crippen LogP contribution < -0.4 is 5.32 Å². The van der Waals surface area contributed by atoms with Gasteiger partial charge in [-0.2, -0.15) is 0 Å². The molecule has 0 saturated carbocycles. The third-order valence-corrected chi connectivity index (χ3v) is 3.72. The molecule has 1 aromatic carbocycles. The molecule has 5 heteroatoms. The average Bonchev–Trinajstić information content (AvgIpc) is 2.85. The predicted molar refractivity (Wildman–Crippen MR) is 83.5 cm³/mol. The molecule has 1 N–H and O–H groups in total. The first-order chi connectivity index (χ1) is 8.81. The topological polar surface area (TPSA) is 27.6 Å². The zero-order valence-corrected chi connectivity index (χ0v) is 11.6. The highest BCUT2D eigenvalue weighted by Gasteiger charge is 2.22. The molecule has 0 atom stereocenters. The van der Waals surface area contributed by atoms with Crippen molar-refractivity contribution in [3.63, 3.8) is 0 Å². The summed E-state index contributed by atoms with van der Waals surface area (Å²) in [5.41, 5.74) is 0.957. The number of hydrogen-bond acceptors (Lipinski definition) is 3. The number of hydrogen-bond donors (Lipinski definition) is 1. The Labute approximate surface area is 117 Å². The van der Waals surface area contributed by atoms with Crippen LogP contribution in [0.3, 0.4) is 0 Å². The lowest BCUT2D eigenvalue weighted by Crippen LogP contribution is -2.40. The van der Waals surface area contributed by atoms with Gasteiger partial charge in [0.05, 0.1) is 5.69 Å². The van der Waals surface area contributed by atoms with Gasteiger partial charge in [-0.25, -0.2) is 4.99 Å². The monoisotopic (exact) mass is 277 g/mol. The van der Waals surface area contributed by atoms with Crippen molar-refractivity contribution in [1.82, 2.24) is 10.2 Å². The largest absolute Gasteiger partial charge is 0.359 e. The first-order valence-electron chi connectivity index (χ1n) is 5.74. The van der Waals surface area contributed by atoms with Crippen LogP contribution in [0.1, 0.15) is 0 Å². The number of amidine groups is 1. The molecule has 1 saturated heterocycles. The molecule has 1 heterocycles. The van der Waals surface area contributed by atoms with E-state index < -0.39 is 0 Å². The summed E-state index contributed by atoms with van der Waals surface area (Å²) in [6.45, 7) is 5.25. The van der Waals surface area contributed by atoms with E-state index in [-0.39, 0.29) is 0 Å². The van der Waals surface area contributed by atoms with Crippen LogP contribution in [0.2, 0.25) is 0 Å². The summed E-state index contributed by atoms with van der Waals surface area (Å²) in [6, 6.07) is 9.93. The molecule has 18 heavy (non-hydrogen) atoms. The standard InChI is InChI=1S/C13H15N3S2/c1-2-8-14-12(17)16-9-10-18-13(16)15-11-6-4-3-5-7-11/h2-7H,1,8-10H2,(H,14,17). The lowest BCUT2D eigenvalue weighted by molar-refractivity contribution is 0.659. The Morgan fingerprint density at radius 2 is 2.28 bits per heavy atom. The number of nitrogens with zero attached hydrogens (tertiary/aromatic N) is 2. The molecule has 0 spiro atoms. The van der Waals surface area contributed by atoms with E-state index in [0.29, 0.717) is 6.54 Å². The molecular weight excluding hydrogens is 262 g/mol. The van der Waals surface area contributed by atoms with Crippen LogP contribution in [0.4, 0.5) is 5.69 Å². The number of para-hydroxylation sites is 1. The van der Waals surface area contributed by atoms with E-state index in [2.05, 4.69) is 16.9 Å². The second-order valence-corrected chi connectivity index (χ2v) is 5.15.